The standard InChI is InChI=1S/C19H14F3N3O4S2/c20-19(21,22)12-1-4-14(5-2-12)25-7-8-29-15-6-3-13(9-17(15)31(25,27)28)24-18(26)16-10-23-11-30-16/h1-6,9-11H,7-8H2,(H,24,26). The number of ether oxygens (including phenoxy) is 1. The van der Waals surface area contributed by atoms with Crippen molar-refractivity contribution in [2.45, 2.75) is 11.1 Å². The van der Waals surface area contributed by atoms with Gasteiger partial charge in [0, 0.05) is 5.69 Å². The molecule has 1 aromatic heterocycles. The molecule has 31 heavy (non-hydrogen) atoms. The third-order valence-corrected chi connectivity index (χ3v) is 7.08. The highest BCUT2D eigenvalue weighted by molar-refractivity contribution is 7.93. The molecule has 0 saturated heterocycles. The van der Waals surface area contributed by atoms with Gasteiger partial charge in [0.2, 0.25) is 0 Å². The largest absolute Gasteiger partial charge is 0.490 e. The maximum Gasteiger partial charge on any atom is 0.416 e. The Hall–Kier alpha value is -3.12. The number of amides is 1. The van der Waals surface area contributed by atoms with E-state index in [1.165, 1.54) is 29.9 Å². The molecular weight excluding hydrogens is 455 g/mol. The number of rotatable bonds is 3. The number of hydrogen-bond donors (Lipinski definition) is 1. The van der Waals surface area contributed by atoms with Gasteiger partial charge in [-0.25, -0.2) is 8.42 Å². The number of hydrogen-bond acceptors (Lipinski definition) is 6. The van der Waals surface area contributed by atoms with Gasteiger partial charge < -0.3 is 10.1 Å². The molecule has 0 unspecified atom stereocenters. The van der Waals surface area contributed by atoms with Crippen molar-refractivity contribution in [1.29, 1.82) is 0 Å². The van der Waals surface area contributed by atoms with Crippen molar-refractivity contribution < 1.29 is 31.1 Å². The molecule has 1 aliphatic rings. The van der Waals surface area contributed by atoms with Gasteiger partial charge in [-0.3, -0.25) is 14.1 Å². The number of nitrogens with one attached hydrogen (secondary N) is 1. The van der Waals surface area contributed by atoms with E-state index in [1.54, 1.807) is 0 Å². The Balaban J connectivity index is 1.67. The molecule has 0 radical (unpaired) electrons. The number of nitrogens with zero attached hydrogens (tertiary/aromatic N) is 2. The fraction of sp³-hybridized carbons (Fsp3) is 0.158. The monoisotopic (exact) mass is 469 g/mol. The van der Waals surface area contributed by atoms with Crippen LogP contribution in [0.2, 0.25) is 0 Å². The first kappa shape index (κ1) is 21.1. The van der Waals surface area contributed by atoms with Crippen LogP contribution < -0.4 is 14.4 Å². The molecule has 3 aromatic rings. The van der Waals surface area contributed by atoms with Crippen molar-refractivity contribution in [2.24, 2.45) is 0 Å². The Morgan fingerprint density at radius 3 is 2.55 bits per heavy atom. The predicted molar refractivity (Wildman–Crippen MR) is 108 cm³/mol. The van der Waals surface area contributed by atoms with Crippen LogP contribution >= 0.6 is 11.3 Å². The van der Waals surface area contributed by atoms with E-state index in [1.807, 2.05) is 0 Å². The number of fused-ring (bicyclic) bond motifs is 1. The van der Waals surface area contributed by atoms with Crippen LogP contribution in [0.1, 0.15) is 15.2 Å². The van der Waals surface area contributed by atoms with E-state index in [0.29, 0.717) is 4.88 Å². The van der Waals surface area contributed by atoms with Crippen molar-refractivity contribution in [3.8, 4) is 5.75 Å². The van der Waals surface area contributed by atoms with E-state index >= 15 is 0 Å². The van der Waals surface area contributed by atoms with Crippen LogP contribution in [0.25, 0.3) is 0 Å². The fourth-order valence-electron chi connectivity index (χ4n) is 2.99. The van der Waals surface area contributed by atoms with Crippen LogP contribution in [0.4, 0.5) is 24.5 Å². The molecule has 0 aliphatic carbocycles. The number of alkyl halides is 3. The molecule has 1 N–H and O–H groups in total. The van der Waals surface area contributed by atoms with E-state index in [-0.39, 0.29) is 35.2 Å². The third kappa shape index (κ3) is 4.21. The zero-order valence-electron chi connectivity index (χ0n) is 15.6. The summed E-state index contributed by atoms with van der Waals surface area (Å²) in [6.07, 6.45) is -3.15. The van der Waals surface area contributed by atoms with Gasteiger partial charge in [0.15, 0.2) is 0 Å². The summed E-state index contributed by atoms with van der Waals surface area (Å²) < 4.78 is 71.6. The first-order chi connectivity index (χ1) is 14.7. The molecule has 162 valence electrons. The van der Waals surface area contributed by atoms with Gasteiger partial charge in [0.05, 0.1) is 29.5 Å². The number of thiazole rings is 1. The van der Waals surface area contributed by atoms with E-state index < -0.39 is 27.7 Å². The molecule has 2 heterocycles. The van der Waals surface area contributed by atoms with Gasteiger partial charge >= 0.3 is 6.18 Å². The molecular formula is C19H14F3N3O4S2. The number of halogens is 3. The highest BCUT2D eigenvalue weighted by Gasteiger charge is 2.33. The Morgan fingerprint density at radius 1 is 1.16 bits per heavy atom. The second-order valence-corrected chi connectivity index (χ2v) is 9.17. The highest BCUT2D eigenvalue weighted by Crippen LogP contribution is 2.36. The van der Waals surface area contributed by atoms with E-state index in [0.717, 1.165) is 39.9 Å². The van der Waals surface area contributed by atoms with Crippen molar-refractivity contribution >= 4 is 38.6 Å². The maximum absolute atomic E-state index is 13.3. The highest BCUT2D eigenvalue weighted by atomic mass is 32.2. The van der Waals surface area contributed by atoms with Crippen LogP contribution in [0.5, 0.6) is 5.75 Å². The molecule has 1 aliphatic heterocycles. The van der Waals surface area contributed by atoms with Crippen molar-refractivity contribution in [3.05, 3.63) is 64.6 Å². The second kappa shape index (κ2) is 7.85. The Kier molecular flexibility index (Phi) is 5.35. The second-order valence-electron chi connectivity index (χ2n) is 6.45. The van der Waals surface area contributed by atoms with Gasteiger partial charge in [0.1, 0.15) is 22.1 Å². The number of aromatic nitrogens is 1. The zero-order chi connectivity index (χ0) is 22.2. The van der Waals surface area contributed by atoms with Gasteiger partial charge in [-0.2, -0.15) is 13.2 Å². The van der Waals surface area contributed by atoms with E-state index in [2.05, 4.69) is 10.3 Å². The third-order valence-electron chi connectivity index (χ3n) is 4.46. The predicted octanol–water partition coefficient (Wildman–Crippen LogP) is 4.00. The number of sulfonamides is 1. The molecule has 0 atom stereocenters. The quantitative estimate of drug-likeness (QED) is 0.627. The van der Waals surface area contributed by atoms with Crippen LogP contribution in [0.3, 0.4) is 0 Å². The number of benzene rings is 2. The Labute approximate surface area is 179 Å². The molecule has 0 bridgehead atoms. The van der Waals surface area contributed by atoms with Crippen LogP contribution in [0.15, 0.2) is 59.1 Å². The van der Waals surface area contributed by atoms with Gasteiger partial charge in [0.25, 0.3) is 15.9 Å². The average Bonchev–Trinajstić information content (AvgIpc) is 3.22. The summed E-state index contributed by atoms with van der Waals surface area (Å²) in [4.78, 5) is 16.2. The lowest BCUT2D eigenvalue weighted by atomic mass is 10.2. The minimum Gasteiger partial charge on any atom is -0.490 e. The lowest BCUT2D eigenvalue weighted by Crippen LogP contribution is -2.32. The Morgan fingerprint density at radius 2 is 1.90 bits per heavy atom. The van der Waals surface area contributed by atoms with Crippen molar-refractivity contribution in [3.63, 3.8) is 0 Å². The van der Waals surface area contributed by atoms with Gasteiger partial charge in [-0.05, 0) is 42.5 Å². The van der Waals surface area contributed by atoms with Crippen molar-refractivity contribution in [2.75, 3.05) is 22.8 Å². The zero-order valence-corrected chi connectivity index (χ0v) is 17.2. The van der Waals surface area contributed by atoms with Gasteiger partial charge in [-0.1, -0.05) is 0 Å². The number of anilines is 2. The summed E-state index contributed by atoms with van der Waals surface area (Å²) in [6, 6.07) is 8.02. The number of carbonyl (C=O) groups is 1. The summed E-state index contributed by atoms with van der Waals surface area (Å²) >= 11 is 1.13. The number of carbonyl (C=O) groups excluding carboxylic acids is 1. The molecule has 0 fully saturated rings. The summed E-state index contributed by atoms with van der Waals surface area (Å²) in [5.74, 6) is -0.362. The fourth-order valence-corrected chi connectivity index (χ4v) is 5.11. The van der Waals surface area contributed by atoms with Crippen LogP contribution in [-0.4, -0.2) is 32.5 Å². The average molecular weight is 469 g/mol. The summed E-state index contributed by atoms with van der Waals surface area (Å²) in [5, 5.41) is 2.60. The minimum absolute atomic E-state index is 0.000176. The van der Waals surface area contributed by atoms with Crippen LogP contribution in [0, 0.1) is 0 Å². The minimum atomic E-state index is -4.53. The molecule has 2 aromatic carbocycles. The topological polar surface area (TPSA) is 88.6 Å². The lowest BCUT2D eigenvalue weighted by molar-refractivity contribution is -0.137. The van der Waals surface area contributed by atoms with Crippen LogP contribution in [-0.2, 0) is 16.2 Å². The van der Waals surface area contributed by atoms with Gasteiger partial charge in [-0.15, -0.1) is 11.3 Å². The summed E-state index contributed by atoms with van der Waals surface area (Å²) in [5.41, 5.74) is 0.905. The maximum atomic E-state index is 13.3. The normalized spacial score (nSPS) is 15.5. The van der Waals surface area contributed by atoms with E-state index in [4.69, 9.17) is 4.74 Å². The van der Waals surface area contributed by atoms with Crippen molar-refractivity contribution in [1.82, 2.24) is 4.98 Å². The molecule has 4 rings (SSSR count). The molecule has 1 amide bonds. The smallest absolute Gasteiger partial charge is 0.416 e. The molecule has 0 spiro atoms. The molecule has 7 nitrogen and oxygen atoms in total. The summed E-state index contributed by atoms with van der Waals surface area (Å²) in [7, 11) is -4.17. The summed E-state index contributed by atoms with van der Waals surface area (Å²) in [6.45, 7) is -0.0925. The molecule has 0 saturated carbocycles. The SMILES string of the molecule is O=C(Nc1ccc2c(c1)S(=O)(=O)N(c1ccc(C(F)(F)F)cc1)CCO2)c1cncs1. The Bertz CT molecular complexity index is 1210. The van der Waals surface area contributed by atoms with E-state index in [9.17, 15) is 26.4 Å². The lowest BCUT2D eigenvalue weighted by Gasteiger charge is -2.22. The molecule has 12 heteroatoms. The first-order valence-electron chi connectivity index (χ1n) is 8.83. The first-order valence-corrected chi connectivity index (χ1v) is 11.1.